The molecule has 2 aromatic carbocycles. The van der Waals surface area contributed by atoms with Crippen molar-refractivity contribution in [3.05, 3.63) is 59.1 Å². The minimum absolute atomic E-state index is 0.0512. The second kappa shape index (κ2) is 12.8. The fraction of sp³-hybridized carbons (Fsp3) is 0.440. The van der Waals surface area contributed by atoms with Gasteiger partial charge in [-0.2, -0.15) is 0 Å². The van der Waals surface area contributed by atoms with Gasteiger partial charge >= 0.3 is 0 Å². The number of rotatable bonds is 12. The summed E-state index contributed by atoms with van der Waals surface area (Å²) < 4.78 is 31.7. The lowest BCUT2D eigenvalue weighted by atomic mass is 10.1. The third-order valence-electron chi connectivity index (χ3n) is 5.27. The first kappa shape index (κ1) is 28.5. The van der Waals surface area contributed by atoms with E-state index in [-0.39, 0.29) is 18.4 Å². The van der Waals surface area contributed by atoms with E-state index < -0.39 is 28.5 Å². The summed E-state index contributed by atoms with van der Waals surface area (Å²) in [5.74, 6) is -0.0337. The number of amides is 2. The normalized spacial score (nSPS) is 12.2. The van der Waals surface area contributed by atoms with Gasteiger partial charge in [0.05, 0.1) is 18.6 Å². The molecule has 0 aliphatic rings. The molecule has 192 valence electrons. The van der Waals surface area contributed by atoms with Gasteiger partial charge in [-0.1, -0.05) is 43.6 Å². The Morgan fingerprint density at radius 1 is 1.06 bits per heavy atom. The fourth-order valence-electron chi connectivity index (χ4n) is 3.33. The number of carbonyl (C=O) groups excluding carboxylic acids is 2. The lowest BCUT2D eigenvalue weighted by molar-refractivity contribution is -0.139. The molecule has 0 radical (unpaired) electrons. The molecular formula is C25H34ClN3O5S. The van der Waals surface area contributed by atoms with Crippen molar-refractivity contribution in [2.24, 2.45) is 5.92 Å². The first-order chi connectivity index (χ1) is 16.4. The highest BCUT2D eigenvalue weighted by atomic mass is 35.5. The molecule has 1 unspecified atom stereocenters. The highest BCUT2D eigenvalue weighted by Gasteiger charge is 2.30. The van der Waals surface area contributed by atoms with Crippen LogP contribution < -0.4 is 14.4 Å². The smallest absolute Gasteiger partial charge is 0.244 e. The van der Waals surface area contributed by atoms with Crippen molar-refractivity contribution in [1.29, 1.82) is 0 Å². The number of anilines is 1. The van der Waals surface area contributed by atoms with Crippen LogP contribution in [0.25, 0.3) is 0 Å². The van der Waals surface area contributed by atoms with E-state index in [1.54, 1.807) is 55.5 Å². The summed E-state index contributed by atoms with van der Waals surface area (Å²) >= 11 is 6.32. The average Bonchev–Trinajstić information content (AvgIpc) is 2.80. The van der Waals surface area contributed by atoms with Gasteiger partial charge in [0.25, 0.3) is 0 Å². The van der Waals surface area contributed by atoms with E-state index in [0.717, 1.165) is 10.6 Å². The molecule has 0 aliphatic heterocycles. The van der Waals surface area contributed by atoms with Gasteiger partial charge < -0.3 is 15.0 Å². The second-order valence-corrected chi connectivity index (χ2v) is 10.9. The Labute approximate surface area is 213 Å². The van der Waals surface area contributed by atoms with Gasteiger partial charge in [0.1, 0.15) is 18.3 Å². The fourth-order valence-corrected chi connectivity index (χ4v) is 4.38. The van der Waals surface area contributed by atoms with Crippen LogP contribution in [0, 0.1) is 5.92 Å². The van der Waals surface area contributed by atoms with Gasteiger partial charge in [-0.05, 0) is 55.7 Å². The van der Waals surface area contributed by atoms with Crippen LogP contribution in [0.5, 0.6) is 5.75 Å². The lowest BCUT2D eigenvalue weighted by Gasteiger charge is -2.31. The van der Waals surface area contributed by atoms with E-state index in [1.807, 2.05) is 20.8 Å². The molecule has 0 aromatic heterocycles. The van der Waals surface area contributed by atoms with Crippen molar-refractivity contribution in [1.82, 2.24) is 10.2 Å². The standard InChI is InChI=1S/C25H34ClN3O5S/c1-6-34-22-13-11-21(12-14-22)29(35(5,32)33)17-24(30)28(16-20-9-7-8-10-23(20)26)19(4)25(31)27-15-18(2)3/h7-14,18-19H,6,15-17H2,1-5H3,(H,27,31). The molecule has 2 amide bonds. The maximum Gasteiger partial charge on any atom is 0.244 e. The maximum absolute atomic E-state index is 13.5. The lowest BCUT2D eigenvalue weighted by Crippen LogP contribution is -2.51. The Kier molecular flexibility index (Phi) is 10.4. The number of nitrogens with one attached hydrogen (secondary N) is 1. The van der Waals surface area contributed by atoms with E-state index in [0.29, 0.717) is 35.2 Å². The quantitative estimate of drug-likeness (QED) is 0.457. The Balaban J connectivity index is 2.36. The second-order valence-electron chi connectivity index (χ2n) is 8.62. The maximum atomic E-state index is 13.5. The molecule has 0 fully saturated rings. The SMILES string of the molecule is CCOc1ccc(N(CC(=O)N(Cc2ccccc2Cl)C(C)C(=O)NCC(C)C)S(C)(=O)=O)cc1. The molecule has 1 atom stereocenters. The van der Waals surface area contributed by atoms with Crippen LogP contribution in [0.1, 0.15) is 33.3 Å². The third kappa shape index (κ3) is 8.43. The number of hydrogen-bond acceptors (Lipinski definition) is 5. The Hall–Kier alpha value is -2.78. The van der Waals surface area contributed by atoms with E-state index in [4.69, 9.17) is 16.3 Å². The monoisotopic (exact) mass is 523 g/mol. The first-order valence-corrected chi connectivity index (χ1v) is 13.7. The summed E-state index contributed by atoms with van der Waals surface area (Å²) in [5.41, 5.74) is 0.969. The summed E-state index contributed by atoms with van der Waals surface area (Å²) in [5, 5.41) is 3.29. The van der Waals surface area contributed by atoms with Crippen molar-refractivity contribution < 1.29 is 22.7 Å². The molecule has 8 nitrogen and oxygen atoms in total. The molecule has 10 heteroatoms. The summed E-state index contributed by atoms with van der Waals surface area (Å²) in [6.45, 7) is 7.92. The van der Waals surface area contributed by atoms with E-state index in [1.165, 1.54) is 4.90 Å². The minimum Gasteiger partial charge on any atom is -0.494 e. The van der Waals surface area contributed by atoms with Crippen LogP contribution in [0.15, 0.2) is 48.5 Å². The molecule has 0 spiro atoms. The van der Waals surface area contributed by atoms with Crippen molar-refractivity contribution in [2.45, 2.75) is 40.3 Å². The zero-order chi connectivity index (χ0) is 26.2. The van der Waals surface area contributed by atoms with E-state index in [9.17, 15) is 18.0 Å². The van der Waals surface area contributed by atoms with Crippen LogP contribution >= 0.6 is 11.6 Å². The number of halogens is 1. The summed E-state index contributed by atoms with van der Waals surface area (Å²) in [6, 6.07) is 12.6. The molecule has 1 N–H and O–H groups in total. The molecule has 2 aromatic rings. The van der Waals surface area contributed by atoms with Crippen molar-refractivity contribution >= 4 is 39.1 Å². The first-order valence-electron chi connectivity index (χ1n) is 11.4. The van der Waals surface area contributed by atoms with Crippen LogP contribution in [-0.4, -0.2) is 57.1 Å². The molecular weight excluding hydrogens is 490 g/mol. The van der Waals surface area contributed by atoms with Crippen LogP contribution in [0.2, 0.25) is 5.02 Å². The van der Waals surface area contributed by atoms with Crippen molar-refractivity contribution in [3.8, 4) is 5.75 Å². The van der Waals surface area contributed by atoms with Crippen LogP contribution in [0.4, 0.5) is 5.69 Å². The number of ether oxygens (including phenoxy) is 1. The van der Waals surface area contributed by atoms with Gasteiger partial charge in [-0.25, -0.2) is 8.42 Å². The van der Waals surface area contributed by atoms with E-state index >= 15 is 0 Å². The molecule has 0 bridgehead atoms. The zero-order valence-electron chi connectivity index (χ0n) is 20.8. The summed E-state index contributed by atoms with van der Waals surface area (Å²) in [4.78, 5) is 27.7. The van der Waals surface area contributed by atoms with Crippen LogP contribution in [-0.2, 0) is 26.2 Å². The molecule has 0 saturated carbocycles. The van der Waals surface area contributed by atoms with Crippen LogP contribution in [0.3, 0.4) is 0 Å². The Morgan fingerprint density at radius 3 is 2.23 bits per heavy atom. The largest absolute Gasteiger partial charge is 0.494 e. The topological polar surface area (TPSA) is 96.0 Å². The van der Waals surface area contributed by atoms with Crippen molar-refractivity contribution in [3.63, 3.8) is 0 Å². The molecule has 35 heavy (non-hydrogen) atoms. The van der Waals surface area contributed by atoms with Gasteiger partial charge in [0.15, 0.2) is 0 Å². The highest BCUT2D eigenvalue weighted by molar-refractivity contribution is 7.92. The number of benzene rings is 2. The molecule has 0 saturated heterocycles. The van der Waals surface area contributed by atoms with Gasteiger partial charge in [-0.3, -0.25) is 13.9 Å². The number of carbonyl (C=O) groups is 2. The Morgan fingerprint density at radius 2 is 1.69 bits per heavy atom. The van der Waals surface area contributed by atoms with Gasteiger partial charge in [0.2, 0.25) is 21.8 Å². The zero-order valence-corrected chi connectivity index (χ0v) is 22.4. The number of nitrogens with zero attached hydrogens (tertiary/aromatic N) is 2. The van der Waals surface area contributed by atoms with Gasteiger partial charge in [0, 0.05) is 18.1 Å². The van der Waals surface area contributed by atoms with Gasteiger partial charge in [-0.15, -0.1) is 0 Å². The predicted octanol–water partition coefficient (Wildman–Crippen LogP) is 3.69. The Bertz CT molecular complexity index is 1110. The van der Waals surface area contributed by atoms with E-state index in [2.05, 4.69) is 5.32 Å². The number of hydrogen-bond donors (Lipinski definition) is 1. The number of sulfonamides is 1. The molecule has 2 rings (SSSR count). The molecule has 0 heterocycles. The summed E-state index contributed by atoms with van der Waals surface area (Å²) in [6.07, 6.45) is 1.04. The minimum atomic E-state index is -3.80. The third-order valence-corrected chi connectivity index (χ3v) is 6.77. The molecule has 0 aliphatic carbocycles. The predicted molar refractivity (Wildman–Crippen MR) is 139 cm³/mol. The highest BCUT2D eigenvalue weighted by Crippen LogP contribution is 2.23. The average molecular weight is 524 g/mol. The van der Waals surface area contributed by atoms with Crippen molar-refractivity contribution in [2.75, 3.05) is 30.3 Å². The summed E-state index contributed by atoms with van der Waals surface area (Å²) in [7, 11) is -3.80.